The third kappa shape index (κ3) is 43.3. The summed E-state index contributed by atoms with van der Waals surface area (Å²) < 4.78 is 23.6. The fourth-order valence-corrected chi connectivity index (χ4v) is 8.25. The highest BCUT2D eigenvalue weighted by Gasteiger charge is 2.27. The van der Waals surface area contributed by atoms with E-state index < -0.39 is 20.0 Å². The molecule has 346 valence electrons. The van der Waals surface area contributed by atoms with Gasteiger partial charge >= 0.3 is 7.82 Å². The van der Waals surface area contributed by atoms with Crippen LogP contribution in [0.5, 0.6) is 0 Å². The predicted octanol–water partition coefficient (Wildman–Crippen LogP) is 14.3. The monoisotopic (exact) mass is 844 g/mol. The highest BCUT2D eigenvalue weighted by molar-refractivity contribution is 7.47. The van der Waals surface area contributed by atoms with Crippen molar-refractivity contribution in [3.63, 3.8) is 0 Å². The van der Waals surface area contributed by atoms with Gasteiger partial charge in [0.1, 0.15) is 13.2 Å². The molecule has 0 aliphatic heterocycles. The van der Waals surface area contributed by atoms with Crippen molar-refractivity contribution in [2.24, 2.45) is 0 Å². The van der Waals surface area contributed by atoms with Crippen molar-refractivity contribution in [2.75, 3.05) is 40.9 Å². The number of hydrogen-bond donors (Lipinski definition) is 3. The second-order valence-corrected chi connectivity index (χ2v) is 20.0. The van der Waals surface area contributed by atoms with Crippen LogP contribution in [0.4, 0.5) is 0 Å². The molecule has 3 atom stereocenters. The SMILES string of the molecule is CCCCCCCCCCCCCC/C=C/C(O)C(COP(=O)(O)OCC[N+](C)(C)C)NC(=O)CCCCCCCCCCCCCCCCCCCCCCCC. The number of likely N-dealkylation sites (N-methyl/N-ethyl adjacent to an activating group) is 1. The normalized spacial score (nSPS) is 14.3. The largest absolute Gasteiger partial charge is 0.472 e. The van der Waals surface area contributed by atoms with Crippen LogP contribution < -0.4 is 5.32 Å². The number of carbonyl (C=O) groups excluding carboxylic acids is 1. The summed E-state index contributed by atoms with van der Waals surface area (Å²) in [6, 6.07) is -0.840. The molecule has 0 bridgehead atoms. The van der Waals surface area contributed by atoms with Crippen LogP contribution in [0.15, 0.2) is 12.2 Å². The van der Waals surface area contributed by atoms with E-state index in [-0.39, 0.29) is 19.1 Å². The lowest BCUT2D eigenvalue weighted by Crippen LogP contribution is -2.45. The molecule has 0 aromatic heterocycles. The average molecular weight is 844 g/mol. The van der Waals surface area contributed by atoms with Gasteiger partial charge in [-0.2, -0.15) is 0 Å². The summed E-state index contributed by atoms with van der Waals surface area (Å²) in [6.45, 7) is 4.84. The third-order valence-electron chi connectivity index (χ3n) is 11.5. The van der Waals surface area contributed by atoms with Gasteiger partial charge in [0.15, 0.2) is 0 Å². The number of aliphatic hydroxyl groups excluding tert-OH is 1. The van der Waals surface area contributed by atoms with E-state index in [1.54, 1.807) is 6.08 Å². The van der Waals surface area contributed by atoms with Gasteiger partial charge in [0, 0.05) is 6.42 Å². The van der Waals surface area contributed by atoms with Crippen LogP contribution in [0, 0.1) is 0 Å². The Morgan fingerprint density at radius 1 is 0.569 bits per heavy atom. The molecule has 0 saturated carbocycles. The second kappa shape index (κ2) is 41.6. The molecule has 0 fully saturated rings. The number of nitrogens with zero attached hydrogens (tertiary/aromatic N) is 1. The van der Waals surface area contributed by atoms with Crippen LogP contribution in [-0.4, -0.2) is 73.4 Å². The second-order valence-electron chi connectivity index (χ2n) is 18.6. The van der Waals surface area contributed by atoms with Crippen LogP contribution >= 0.6 is 7.82 Å². The molecule has 58 heavy (non-hydrogen) atoms. The number of nitrogens with one attached hydrogen (secondary N) is 1. The van der Waals surface area contributed by atoms with Gasteiger partial charge in [-0.15, -0.1) is 0 Å². The maximum atomic E-state index is 12.9. The predicted molar refractivity (Wildman–Crippen MR) is 249 cm³/mol. The van der Waals surface area contributed by atoms with Crippen LogP contribution in [0.2, 0.25) is 0 Å². The van der Waals surface area contributed by atoms with Crippen LogP contribution in [0.1, 0.15) is 245 Å². The number of phosphoric ester groups is 1. The topological polar surface area (TPSA) is 105 Å². The zero-order chi connectivity index (χ0) is 42.8. The number of aliphatic hydroxyl groups is 1. The number of unbranched alkanes of at least 4 members (excludes halogenated alkanes) is 33. The maximum absolute atomic E-state index is 12.9. The van der Waals surface area contributed by atoms with Crippen molar-refractivity contribution in [2.45, 2.75) is 257 Å². The zero-order valence-corrected chi connectivity index (χ0v) is 40.2. The van der Waals surface area contributed by atoms with E-state index in [4.69, 9.17) is 9.05 Å². The van der Waals surface area contributed by atoms with Gasteiger partial charge in [-0.3, -0.25) is 13.8 Å². The molecular formula is C49H100N2O6P+. The van der Waals surface area contributed by atoms with Crippen LogP contribution in [0.3, 0.4) is 0 Å². The first-order valence-electron chi connectivity index (χ1n) is 25.1. The molecule has 0 radical (unpaired) electrons. The lowest BCUT2D eigenvalue weighted by Gasteiger charge is -2.25. The van der Waals surface area contributed by atoms with E-state index >= 15 is 0 Å². The Morgan fingerprint density at radius 3 is 1.28 bits per heavy atom. The molecule has 0 aromatic rings. The highest BCUT2D eigenvalue weighted by Crippen LogP contribution is 2.43. The number of carbonyl (C=O) groups is 1. The summed E-state index contributed by atoms with van der Waals surface area (Å²) in [4.78, 5) is 23.2. The standard InChI is InChI=1S/C49H99N2O6P/c1-6-8-10-12-14-16-18-20-22-23-24-25-26-27-28-29-31-33-35-37-39-41-43-49(53)50-47(46-57-58(54,55)56-45-44-51(3,4)5)48(52)42-40-38-36-34-32-30-21-19-17-15-13-11-9-7-2/h40,42,47-48,52H,6-39,41,43-46H2,1-5H3,(H-,50,53,54,55)/p+1/b42-40+. The highest BCUT2D eigenvalue weighted by atomic mass is 31.2. The van der Waals surface area contributed by atoms with Crippen LogP contribution in [-0.2, 0) is 18.4 Å². The molecule has 8 nitrogen and oxygen atoms in total. The molecule has 0 aromatic carbocycles. The Kier molecular flexibility index (Phi) is 41.0. The van der Waals surface area contributed by atoms with Crippen molar-refractivity contribution in [1.29, 1.82) is 0 Å². The minimum Gasteiger partial charge on any atom is -0.387 e. The van der Waals surface area contributed by atoms with E-state index in [1.165, 1.54) is 186 Å². The summed E-state index contributed by atoms with van der Waals surface area (Å²) in [5.41, 5.74) is 0. The van der Waals surface area contributed by atoms with E-state index in [0.717, 1.165) is 38.5 Å². The number of phosphoric acid groups is 1. The van der Waals surface area contributed by atoms with Crippen molar-refractivity contribution >= 4 is 13.7 Å². The van der Waals surface area contributed by atoms with Crippen molar-refractivity contribution in [1.82, 2.24) is 5.32 Å². The smallest absolute Gasteiger partial charge is 0.387 e. The molecule has 0 aliphatic rings. The molecule has 0 aliphatic carbocycles. The molecule has 3 N–H and O–H groups in total. The first-order valence-corrected chi connectivity index (χ1v) is 26.6. The molecule has 0 heterocycles. The molecule has 3 unspecified atom stereocenters. The van der Waals surface area contributed by atoms with E-state index in [9.17, 15) is 19.4 Å². The summed E-state index contributed by atoms with van der Waals surface area (Å²) >= 11 is 0. The quantitative estimate of drug-likeness (QED) is 0.0244. The first kappa shape index (κ1) is 57.2. The van der Waals surface area contributed by atoms with Gasteiger partial charge in [0.05, 0.1) is 39.9 Å². The minimum absolute atomic E-state index is 0.0648. The average Bonchev–Trinajstić information content (AvgIpc) is 3.17. The summed E-state index contributed by atoms with van der Waals surface area (Å²) in [6.07, 6.45) is 48.6. The lowest BCUT2D eigenvalue weighted by molar-refractivity contribution is -0.870. The fourth-order valence-electron chi connectivity index (χ4n) is 7.51. The van der Waals surface area contributed by atoms with Gasteiger partial charge in [0.25, 0.3) is 0 Å². The maximum Gasteiger partial charge on any atom is 0.472 e. The van der Waals surface area contributed by atoms with E-state index in [1.807, 2.05) is 27.2 Å². The van der Waals surface area contributed by atoms with Gasteiger partial charge in [-0.25, -0.2) is 4.57 Å². The van der Waals surface area contributed by atoms with E-state index in [2.05, 4.69) is 19.2 Å². The summed E-state index contributed by atoms with van der Waals surface area (Å²) in [7, 11) is 1.58. The molecule has 0 saturated heterocycles. The van der Waals surface area contributed by atoms with Crippen molar-refractivity contribution in [3.8, 4) is 0 Å². The summed E-state index contributed by atoms with van der Waals surface area (Å²) in [5.74, 6) is -0.172. The third-order valence-corrected chi connectivity index (χ3v) is 12.5. The molecule has 0 spiro atoms. The Bertz CT molecular complexity index is 958. The molecule has 9 heteroatoms. The lowest BCUT2D eigenvalue weighted by atomic mass is 10.0. The number of quaternary nitrogens is 1. The van der Waals surface area contributed by atoms with Gasteiger partial charge in [-0.05, 0) is 19.3 Å². The minimum atomic E-state index is -4.33. The summed E-state index contributed by atoms with van der Waals surface area (Å²) in [5, 5.41) is 13.9. The molecule has 0 rings (SSSR count). The Morgan fingerprint density at radius 2 is 0.914 bits per heavy atom. The number of hydrogen-bond acceptors (Lipinski definition) is 5. The molecule has 1 amide bonds. The fraction of sp³-hybridized carbons (Fsp3) is 0.939. The Labute approximate surface area is 361 Å². The van der Waals surface area contributed by atoms with Crippen LogP contribution in [0.25, 0.3) is 0 Å². The van der Waals surface area contributed by atoms with Crippen molar-refractivity contribution in [3.05, 3.63) is 12.2 Å². The zero-order valence-electron chi connectivity index (χ0n) is 39.3. The first-order chi connectivity index (χ1) is 28.0. The van der Waals surface area contributed by atoms with Gasteiger partial charge < -0.3 is 19.8 Å². The number of amides is 1. The molecular weight excluding hydrogens is 744 g/mol. The van der Waals surface area contributed by atoms with E-state index in [0.29, 0.717) is 17.4 Å². The Hall–Kier alpha value is -0.760. The van der Waals surface area contributed by atoms with Gasteiger partial charge in [-0.1, -0.05) is 231 Å². The Balaban J connectivity index is 4.23. The number of allylic oxidation sites excluding steroid dienone is 1. The number of rotatable bonds is 46. The van der Waals surface area contributed by atoms with Crippen molar-refractivity contribution < 1.29 is 32.9 Å². The van der Waals surface area contributed by atoms with Gasteiger partial charge in [0.2, 0.25) is 5.91 Å².